The highest BCUT2D eigenvalue weighted by molar-refractivity contribution is 7.99. The Hall–Kier alpha value is -2.05. The maximum absolute atomic E-state index is 12.1. The van der Waals surface area contributed by atoms with Crippen molar-refractivity contribution in [3.8, 4) is 17.2 Å². The lowest BCUT2D eigenvalue weighted by atomic mass is 10.1. The SMILES string of the molecule is COc1ccc(CNC(=O)CCCSc2ccc(Cl)cc2)c(OC)c1OC. The van der Waals surface area contributed by atoms with E-state index >= 15 is 0 Å². The molecule has 0 aromatic heterocycles. The monoisotopic (exact) mass is 409 g/mol. The molecule has 0 spiro atoms. The van der Waals surface area contributed by atoms with Crippen LogP contribution in [0.3, 0.4) is 0 Å². The van der Waals surface area contributed by atoms with Gasteiger partial charge >= 0.3 is 0 Å². The Labute approximate surface area is 169 Å². The van der Waals surface area contributed by atoms with Gasteiger partial charge in [0, 0.05) is 28.4 Å². The number of carbonyl (C=O) groups excluding carboxylic acids is 1. The second-order valence-electron chi connectivity index (χ2n) is 5.68. The molecule has 0 bridgehead atoms. The highest BCUT2D eigenvalue weighted by atomic mass is 35.5. The number of benzene rings is 2. The molecule has 0 aliphatic rings. The zero-order valence-corrected chi connectivity index (χ0v) is 17.3. The summed E-state index contributed by atoms with van der Waals surface area (Å²) >= 11 is 7.58. The van der Waals surface area contributed by atoms with E-state index in [2.05, 4.69) is 5.32 Å². The van der Waals surface area contributed by atoms with Crippen molar-refractivity contribution in [2.75, 3.05) is 27.1 Å². The van der Waals surface area contributed by atoms with Crippen molar-refractivity contribution in [3.63, 3.8) is 0 Å². The van der Waals surface area contributed by atoms with Gasteiger partial charge in [0.2, 0.25) is 11.7 Å². The lowest BCUT2D eigenvalue weighted by molar-refractivity contribution is -0.121. The predicted octanol–water partition coefficient (Wildman–Crippen LogP) is 4.55. The molecule has 2 rings (SSSR count). The molecule has 0 aliphatic carbocycles. The number of nitrogens with one attached hydrogen (secondary N) is 1. The number of halogens is 1. The normalized spacial score (nSPS) is 10.4. The number of rotatable bonds is 10. The fourth-order valence-electron chi connectivity index (χ4n) is 2.54. The van der Waals surface area contributed by atoms with E-state index in [1.165, 1.54) is 0 Å². The van der Waals surface area contributed by atoms with Crippen LogP contribution < -0.4 is 19.5 Å². The Bertz CT molecular complexity index is 752. The maximum atomic E-state index is 12.1. The van der Waals surface area contributed by atoms with Gasteiger partial charge in [-0.1, -0.05) is 11.6 Å². The number of amides is 1. The van der Waals surface area contributed by atoms with Crippen molar-refractivity contribution in [2.24, 2.45) is 0 Å². The van der Waals surface area contributed by atoms with Gasteiger partial charge in [-0.05, 0) is 48.6 Å². The van der Waals surface area contributed by atoms with Crippen LogP contribution in [-0.4, -0.2) is 33.0 Å². The third-order valence-corrected chi connectivity index (χ3v) is 5.24. The molecule has 5 nitrogen and oxygen atoms in total. The van der Waals surface area contributed by atoms with Gasteiger partial charge in [-0.15, -0.1) is 11.8 Å². The van der Waals surface area contributed by atoms with Gasteiger partial charge in [0.15, 0.2) is 11.5 Å². The number of carbonyl (C=O) groups is 1. The van der Waals surface area contributed by atoms with E-state index in [1.807, 2.05) is 30.3 Å². The Morgan fingerprint density at radius 1 is 1.00 bits per heavy atom. The molecule has 146 valence electrons. The van der Waals surface area contributed by atoms with Crippen LogP contribution in [0.5, 0.6) is 17.2 Å². The van der Waals surface area contributed by atoms with Crippen molar-refractivity contribution in [2.45, 2.75) is 24.3 Å². The third kappa shape index (κ3) is 6.26. The van der Waals surface area contributed by atoms with E-state index < -0.39 is 0 Å². The molecule has 7 heteroatoms. The molecule has 0 saturated carbocycles. The van der Waals surface area contributed by atoms with Crippen LogP contribution in [0.4, 0.5) is 0 Å². The summed E-state index contributed by atoms with van der Waals surface area (Å²) in [5.41, 5.74) is 0.832. The second-order valence-corrected chi connectivity index (χ2v) is 7.28. The van der Waals surface area contributed by atoms with E-state index in [9.17, 15) is 4.79 Å². The zero-order valence-electron chi connectivity index (χ0n) is 15.7. The Morgan fingerprint density at radius 3 is 2.33 bits per heavy atom. The molecule has 0 fully saturated rings. The summed E-state index contributed by atoms with van der Waals surface area (Å²) in [6, 6.07) is 11.4. The van der Waals surface area contributed by atoms with Crippen molar-refractivity contribution in [1.82, 2.24) is 5.32 Å². The highest BCUT2D eigenvalue weighted by Crippen LogP contribution is 2.39. The van der Waals surface area contributed by atoms with Crippen LogP contribution >= 0.6 is 23.4 Å². The molecule has 27 heavy (non-hydrogen) atoms. The summed E-state index contributed by atoms with van der Waals surface area (Å²) in [6.07, 6.45) is 1.26. The van der Waals surface area contributed by atoms with E-state index in [0.29, 0.717) is 30.2 Å². The van der Waals surface area contributed by atoms with Crippen molar-refractivity contribution in [1.29, 1.82) is 0 Å². The summed E-state index contributed by atoms with van der Waals surface area (Å²) in [4.78, 5) is 13.3. The fraction of sp³-hybridized carbons (Fsp3) is 0.350. The third-order valence-electron chi connectivity index (χ3n) is 3.89. The second kappa shape index (κ2) is 10.9. The van der Waals surface area contributed by atoms with Gasteiger partial charge < -0.3 is 19.5 Å². The fourth-order valence-corrected chi connectivity index (χ4v) is 3.52. The molecular formula is C20H24ClNO4S. The molecule has 0 saturated heterocycles. The molecule has 1 N–H and O–H groups in total. The number of hydrogen-bond acceptors (Lipinski definition) is 5. The van der Waals surface area contributed by atoms with E-state index in [1.54, 1.807) is 39.2 Å². The summed E-state index contributed by atoms with van der Waals surface area (Å²) in [7, 11) is 4.69. The molecule has 1 amide bonds. The van der Waals surface area contributed by atoms with E-state index in [4.69, 9.17) is 25.8 Å². The minimum Gasteiger partial charge on any atom is -0.493 e. The molecule has 0 unspecified atom stereocenters. The number of methoxy groups -OCH3 is 3. The quantitative estimate of drug-likeness (QED) is 0.460. The molecule has 2 aromatic carbocycles. The molecule has 0 heterocycles. The van der Waals surface area contributed by atoms with Crippen LogP contribution in [0, 0.1) is 0 Å². The largest absolute Gasteiger partial charge is 0.493 e. The van der Waals surface area contributed by atoms with Crippen molar-refractivity contribution >= 4 is 29.3 Å². The van der Waals surface area contributed by atoms with Crippen LogP contribution in [-0.2, 0) is 11.3 Å². The molecular weight excluding hydrogens is 386 g/mol. The molecule has 2 aromatic rings. The lowest BCUT2D eigenvalue weighted by Crippen LogP contribution is -2.23. The summed E-state index contributed by atoms with van der Waals surface area (Å²) in [5, 5.41) is 3.65. The van der Waals surface area contributed by atoms with Crippen molar-refractivity contribution < 1.29 is 19.0 Å². The summed E-state index contributed by atoms with van der Waals surface area (Å²) in [5.74, 6) is 2.54. The molecule has 0 aliphatic heterocycles. The average molecular weight is 410 g/mol. The Kier molecular flexibility index (Phi) is 8.61. The van der Waals surface area contributed by atoms with Crippen LogP contribution in [0.25, 0.3) is 0 Å². The molecule has 0 radical (unpaired) electrons. The van der Waals surface area contributed by atoms with Gasteiger partial charge in [0.25, 0.3) is 0 Å². The minimum absolute atomic E-state index is 0.00328. The Balaban J connectivity index is 1.80. The maximum Gasteiger partial charge on any atom is 0.220 e. The highest BCUT2D eigenvalue weighted by Gasteiger charge is 2.16. The van der Waals surface area contributed by atoms with Gasteiger partial charge in [-0.2, -0.15) is 0 Å². The number of hydrogen-bond donors (Lipinski definition) is 1. The van der Waals surface area contributed by atoms with Gasteiger partial charge in [0.1, 0.15) is 0 Å². The van der Waals surface area contributed by atoms with Gasteiger partial charge in [-0.25, -0.2) is 0 Å². The average Bonchev–Trinajstić information content (AvgIpc) is 2.69. The Morgan fingerprint density at radius 2 is 1.70 bits per heavy atom. The lowest BCUT2D eigenvalue weighted by Gasteiger charge is -2.16. The van der Waals surface area contributed by atoms with Gasteiger partial charge in [0.05, 0.1) is 21.3 Å². The van der Waals surface area contributed by atoms with Crippen LogP contribution in [0.15, 0.2) is 41.3 Å². The van der Waals surface area contributed by atoms with Crippen LogP contribution in [0.1, 0.15) is 18.4 Å². The van der Waals surface area contributed by atoms with Crippen molar-refractivity contribution in [3.05, 3.63) is 47.0 Å². The van der Waals surface area contributed by atoms with E-state index in [0.717, 1.165) is 27.7 Å². The predicted molar refractivity (Wildman–Crippen MR) is 109 cm³/mol. The smallest absolute Gasteiger partial charge is 0.220 e. The number of ether oxygens (including phenoxy) is 3. The number of thioether (sulfide) groups is 1. The topological polar surface area (TPSA) is 56.8 Å². The summed E-state index contributed by atoms with van der Waals surface area (Å²) in [6.45, 7) is 0.368. The van der Waals surface area contributed by atoms with Crippen LogP contribution in [0.2, 0.25) is 5.02 Å². The van der Waals surface area contributed by atoms with E-state index in [-0.39, 0.29) is 5.91 Å². The first-order valence-corrected chi connectivity index (χ1v) is 9.88. The standard InChI is InChI=1S/C20H24ClNO4S/c1-24-17-11-6-14(19(25-2)20(17)26-3)13-22-18(23)5-4-12-27-16-9-7-15(21)8-10-16/h6-11H,4-5,12-13H2,1-3H3,(H,22,23). The molecule has 0 atom stereocenters. The minimum atomic E-state index is 0.00328. The zero-order chi connectivity index (χ0) is 19.6. The first kappa shape index (κ1) is 21.3. The first-order chi connectivity index (χ1) is 13.1. The summed E-state index contributed by atoms with van der Waals surface area (Å²) < 4.78 is 16.1. The van der Waals surface area contributed by atoms with Gasteiger partial charge in [-0.3, -0.25) is 4.79 Å². The first-order valence-electron chi connectivity index (χ1n) is 8.52.